The number of anilines is 4. The first-order valence-electron chi connectivity index (χ1n) is 12.2. The number of aryl methyl sites for hydroxylation is 6. The second-order valence-corrected chi connectivity index (χ2v) is 10.0. The van der Waals surface area contributed by atoms with Crippen molar-refractivity contribution in [2.45, 2.75) is 54.4 Å². The van der Waals surface area contributed by atoms with Crippen LogP contribution in [0.2, 0.25) is 0 Å². The Morgan fingerprint density at radius 2 is 0.853 bits per heavy atom. The van der Waals surface area contributed by atoms with Gasteiger partial charge in [0.05, 0.1) is 0 Å². The van der Waals surface area contributed by atoms with E-state index in [2.05, 4.69) is 113 Å². The molecule has 0 aliphatic heterocycles. The van der Waals surface area contributed by atoms with Crippen LogP contribution >= 0.6 is 0 Å². The normalized spacial score (nSPS) is 12.2. The van der Waals surface area contributed by atoms with Crippen molar-refractivity contribution in [1.29, 1.82) is 0 Å². The van der Waals surface area contributed by atoms with Crippen LogP contribution in [0.5, 0.6) is 0 Å². The van der Waals surface area contributed by atoms with Crippen molar-refractivity contribution in [2.24, 2.45) is 0 Å². The highest BCUT2D eigenvalue weighted by atomic mass is 14.9. The Balaban J connectivity index is 1.61. The van der Waals surface area contributed by atoms with E-state index in [1.54, 1.807) is 0 Å². The zero-order valence-electron chi connectivity index (χ0n) is 21.2. The lowest BCUT2D eigenvalue weighted by Gasteiger charge is -2.27. The molecule has 0 unspecified atom stereocenters. The molecule has 0 atom stereocenters. The molecule has 0 aromatic heterocycles. The Morgan fingerprint density at radius 1 is 0.500 bits per heavy atom. The standard InChI is InChI=1S/C32H34N2/c1-19-13-21(3)31(22(4)14-19)33-29-11-12-30(34-32-23(5)15-20(2)16-24(32)6)28-18-26-10-8-7-9-25(26)17-27(28)29/h7-16,33-34H,17-18H2,1-6H3. The summed E-state index contributed by atoms with van der Waals surface area (Å²) in [4.78, 5) is 0. The van der Waals surface area contributed by atoms with Crippen LogP contribution in [0, 0.1) is 41.5 Å². The Bertz CT molecular complexity index is 1260. The molecule has 0 amide bonds. The monoisotopic (exact) mass is 446 g/mol. The maximum absolute atomic E-state index is 3.82. The number of hydrogen-bond donors (Lipinski definition) is 2. The second kappa shape index (κ2) is 8.68. The number of benzene rings is 4. The maximum Gasteiger partial charge on any atom is 0.0443 e. The van der Waals surface area contributed by atoms with Gasteiger partial charge < -0.3 is 10.6 Å². The summed E-state index contributed by atoms with van der Waals surface area (Å²) in [6, 6.07) is 22.4. The van der Waals surface area contributed by atoms with Crippen molar-refractivity contribution in [3.8, 4) is 0 Å². The Hall–Kier alpha value is -3.52. The zero-order valence-corrected chi connectivity index (χ0v) is 21.2. The van der Waals surface area contributed by atoms with E-state index in [4.69, 9.17) is 0 Å². The SMILES string of the molecule is Cc1cc(C)c(Nc2ccc(Nc3c(C)cc(C)cc3C)c3c2Cc2ccccc2C3)c(C)c1. The highest BCUT2D eigenvalue weighted by Gasteiger charge is 2.22. The van der Waals surface area contributed by atoms with Crippen molar-refractivity contribution in [3.05, 3.63) is 116 Å². The van der Waals surface area contributed by atoms with Crippen molar-refractivity contribution in [2.75, 3.05) is 10.6 Å². The lowest BCUT2D eigenvalue weighted by atomic mass is 9.84. The lowest BCUT2D eigenvalue weighted by molar-refractivity contribution is 1.00. The number of hydrogen-bond acceptors (Lipinski definition) is 2. The van der Waals surface area contributed by atoms with Gasteiger partial charge in [0, 0.05) is 35.6 Å². The fourth-order valence-electron chi connectivity index (χ4n) is 5.64. The molecule has 0 bridgehead atoms. The van der Waals surface area contributed by atoms with Crippen molar-refractivity contribution in [1.82, 2.24) is 0 Å². The first kappa shape index (κ1) is 22.3. The van der Waals surface area contributed by atoms with Crippen LogP contribution in [0.25, 0.3) is 0 Å². The van der Waals surface area contributed by atoms with Crippen LogP contribution in [0.4, 0.5) is 22.7 Å². The van der Waals surface area contributed by atoms with E-state index in [0.717, 1.165) is 12.8 Å². The molecule has 0 fully saturated rings. The zero-order chi connectivity index (χ0) is 24.0. The first-order chi connectivity index (χ1) is 16.3. The van der Waals surface area contributed by atoms with Gasteiger partial charge in [-0.25, -0.2) is 0 Å². The largest absolute Gasteiger partial charge is 0.355 e. The molecule has 172 valence electrons. The molecular formula is C32H34N2. The third-order valence-electron chi connectivity index (χ3n) is 7.16. The average Bonchev–Trinajstić information content (AvgIpc) is 2.78. The number of fused-ring (bicyclic) bond motifs is 2. The van der Waals surface area contributed by atoms with E-state index >= 15 is 0 Å². The molecule has 1 aliphatic rings. The highest BCUT2D eigenvalue weighted by molar-refractivity contribution is 5.78. The predicted octanol–water partition coefficient (Wildman–Crippen LogP) is 8.52. The molecule has 2 N–H and O–H groups in total. The van der Waals surface area contributed by atoms with Crippen LogP contribution in [0.3, 0.4) is 0 Å². The predicted molar refractivity (Wildman–Crippen MR) is 146 cm³/mol. The van der Waals surface area contributed by atoms with Gasteiger partial charge in [-0.3, -0.25) is 0 Å². The third-order valence-corrected chi connectivity index (χ3v) is 7.16. The second-order valence-electron chi connectivity index (χ2n) is 10.0. The van der Waals surface area contributed by atoms with Crippen molar-refractivity contribution in [3.63, 3.8) is 0 Å². The summed E-state index contributed by atoms with van der Waals surface area (Å²) in [5.41, 5.74) is 18.3. The van der Waals surface area contributed by atoms with Gasteiger partial charge in [0.25, 0.3) is 0 Å². The van der Waals surface area contributed by atoms with Gasteiger partial charge in [-0.2, -0.15) is 0 Å². The van der Waals surface area contributed by atoms with Crippen LogP contribution in [-0.2, 0) is 12.8 Å². The van der Waals surface area contributed by atoms with Crippen LogP contribution in [-0.4, -0.2) is 0 Å². The Morgan fingerprint density at radius 3 is 1.21 bits per heavy atom. The molecule has 1 aliphatic carbocycles. The fourth-order valence-corrected chi connectivity index (χ4v) is 5.64. The minimum atomic E-state index is 0.944. The summed E-state index contributed by atoms with van der Waals surface area (Å²) in [5, 5.41) is 7.64. The Labute approximate surface area is 204 Å². The molecule has 4 aromatic rings. The number of rotatable bonds is 4. The van der Waals surface area contributed by atoms with E-state index in [1.165, 1.54) is 78.4 Å². The van der Waals surface area contributed by atoms with Gasteiger partial charge in [0.15, 0.2) is 0 Å². The van der Waals surface area contributed by atoms with Crippen molar-refractivity contribution < 1.29 is 0 Å². The van der Waals surface area contributed by atoms with Gasteiger partial charge in [-0.05, 0) is 98.2 Å². The molecule has 2 nitrogen and oxygen atoms in total. The van der Waals surface area contributed by atoms with E-state index < -0.39 is 0 Å². The molecule has 34 heavy (non-hydrogen) atoms. The van der Waals surface area contributed by atoms with Gasteiger partial charge in [-0.1, -0.05) is 59.7 Å². The minimum absolute atomic E-state index is 0.944. The third kappa shape index (κ3) is 4.09. The van der Waals surface area contributed by atoms with Gasteiger partial charge >= 0.3 is 0 Å². The molecule has 4 aromatic carbocycles. The molecule has 0 heterocycles. The summed E-state index contributed by atoms with van der Waals surface area (Å²) in [7, 11) is 0. The van der Waals surface area contributed by atoms with E-state index in [0.29, 0.717) is 0 Å². The maximum atomic E-state index is 3.82. The summed E-state index contributed by atoms with van der Waals surface area (Å²) >= 11 is 0. The summed E-state index contributed by atoms with van der Waals surface area (Å²) in [5.74, 6) is 0. The summed E-state index contributed by atoms with van der Waals surface area (Å²) in [6.07, 6.45) is 1.89. The molecule has 0 saturated carbocycles. The van der Waals surface area contributed by atoms with E-state index in [9.17, 15) is 0 Å². The molecule has 0 saturated heterocycles. The summed E-state index contributed by atoms with van der Waals surface area (Å²) in [6.45, 7) is 13.1. The molecule has 5 rings (SSSR count). The van der Waals surface area contributed by atoms with E-state index in [-0.39, 0.29) is 0 Å². The van der Waals surface area contributed by atoms with Gasteiger partial charge in [0.2, 0.25) is 0 Å². The molecular weight excluding hydrogens is 412 g/mol. The first-order valence-corrected chi connectivity index (χ1v) is 12.2. The fraction of sp³-hybridized carbons (Fsp3) is 0.250. The minimum Gasteiger partial charge on any atom is -0.355 e. The van der Waals surface area contributed by atoms with Crippen LogP contribution in [0.1, 0.15) is 55.6 Å². The van der Waals surface area contributed by atoms with Gasteiger partial charge in [-0.15, -0.1) is 0 Å². The number of nitrogens with one attached hydrogen (secondary N) is 2. The Kier molecular flexibility index (Phi) is 5.69. The topological polar surface area (TPSA) is 24.1 Å². The lowest BCUT2D eigenvalue weighted by Crippen LogP contribution is -2.13. The molecule has 0 spiro atoms. The molecule has 0 radical (unpaired) electrons. The smallest absolute Gasteiger partial charge is 0.0443 e. The van der Waals surface area contributed by atoms with E-state index in [1.807, 2.05) is 0 Å². The molecule has 2 heteroatoms. The summed E-state index contributed by atoms with van der Waals surface area (Å²) < 4.78 is 0. The van der Waals surface area contributed by atoms with Gasteiger partial charge in [0.1, 0.15) is 0 Å². The van der Waals surface area contributed by atoms with Crippen LogP contribution in [0.15, 0.2) is 60.7 Å². The average molecular weight is 447 g/mol. The highest BCUT2D eigenvalue weighted by Crippen LogP contribution is 2.40. The van der Waals surface area contributed by atoms with Crippen molar-refractivity contribution >= 4 is 22.7 Å². The van der Waals surface area contributed by atoms with Crippen LogP contribution < -0.4 is 10.6 Å². The quantitative estimate of drug-likeness (QED) is 0.289.